The second kappa shape index (κ2) is 13.5. The van der Waals surface area contributed by atoms with Crippen LogP contribution in [0.25, 0.3) is 11.1 Å². The van der Waals surface area contributed by atoms with Crippen molar-refractivity contribution in [1.82, 2.24) is 15.5 Å². The van der Waals surface area contributed by atoms with Crippen LogP contribution in [0.2, 0.25) is 0 Å². The van der Waals surface area contributed by atoms with E-state index >= 15 is 0 Å². The molecule has 2 aliphatic rings. The summed E-state index contributed by atoms with van der Waals surface area (Å²) in [6.07, 6.45) is -1.24. The molecular formula is C35H41N3O6. The Bertz CT molecular complexity index is 1430. The normalized spacial score (nSPS) is 18.5. The Hall–Kier alpha value is -4.37. The van der Waals surface area contributed by atoms with Crippen molar-refractivity contribution >= 4 is 18.2 Å². The number of amides is 2. The maximum absolute atomic E-state index is 13.3. The molecule has 0 bridgehead atoms. The standard InChI is InChI=1S/C35H41N3O6/c1-5-42-32(39)28-21-38(34(41)44-35(2,3)4)20-19-30(28)36-31(23-13-7-6-8-14-23)37-33(40)43-22-29-26-17-11-9-15-24(26)25-16-10-12-18-27(25)29/h6-18,28-31,36H,5,19-22H2,1-4H3,(H,37,40)/t28-,30?,31-/m1/s1. The van der Waals surface area contributed by atoms with E-state index in [0.29, 0.717) is 13.0 Å². The molecule has 2 N–H and O–H groups in total. The summed E-state index contributed by atoms with van der Waals surface area (Å²) < 4.78 is 16.8. The molecule has 1 fully saturated rings. The summed E-state index contributed by atoms with van der Waals surface area (Å²) in [6, 6.07) is 25.5. The quantitative estimate of drug-likeness (QED) is 0.186. The van der Waals surface area contributed by atoms with E-state index < -0.39 is 35.8 Å². The Balaban J connectivity index is 1.30. The third-order valence-electron chi connectivity index (χ3n) is 7.97. The van der Waals surface area contributed by atoms with E-state index in [1.807, 2.05) is 75.4 Å². The Labute approximate surface area is 258 Å². The molecule has 3 aromatic rings. The molecule has 9 heteroatoms. The Kier molecular flexibility index (Phi) is 9.54. The van der Waals surface area contributed by atoms with Crippen molar-refractivity contribution < 1.29 is 28.6 Å². The molecular weight excluding hydrogens is 558 g/mol. The maximum atomic E-state index is 13.3. The minimum Gasteiger partial charge on any atom is -0.466 e. The molecule has 232 valence electrons. The number of carbonyl (C=O) groups is 3. The van der Waals surface area contributed by atoms with E-state index in [2.05, 4.69) is 34.9 Å². The summed E-state index contributed by atoms with van der Waals surface area (Å²) >= 11 is 0. The molecule has 5 rings (SSSR count). The average molecular weight is 600 g/mol. The number of carbonyl (C=O) groups excluding carboxylic acids is 3. The van der Waals surface area contributed by atoms with Gasteiger partial charge in [0.15, 0.2) is 0 Å². The second-order valence-corrected chi connectivity index (χ2v) is 12.2. The SMILES string of the molecule is CCOC(=O)[C@@H]1CN(C(=O)OC(C)(C)C)CCC1N[C@H](NC(=O)OCC1c2ccccc2-c2ccccc21)c1ccccc1. The van der Waals surface area contributed by atoms with Crippen LogP contribution in [0, 0.1) is 5.92 Å². The zero-order chi connectivity index (χ0) is 31.3. The first-order chi connectivity index (χ1) is 21.1. The first-order valence-electron chi connectivity index (χ1n) is 15.2. The lowest BCUT2D eigenvalue weighted by molar-refractivity contribution is -0.151. The number of hydrogen-bond donors (Lipinski definition) is 2. The first kappa shape index (κ1) is 31.1. The molecule has 1 aliphatic heterocycles. The third kappa shape index (κ3) is 7.22. The highest BCUT2D eigenvalue weighted by molar-refractivity contribution is 5.79. The molecule has 2 amide bonds. The fourth-order valence-corrected chi connectivity index (χ4v) is 5.97. The third-order valence-corrected chi connectivity index (χ3v) is 7.97. The lowest BCUT2D eigenvalue weighted by Gasteiger charge is -2.39. The number of likely N-dealkylation sites (tertiary alicyclic amines) is 1. The minimum atomic E-state index is -0.660. The van der Waals surface area contributed by atoms with E-state index in [-0.39, 0.29) is 31.7 Å². The summed E-state index contributed by atoms with van der Waals surface area (Å²) in [7, 11) is 0. The van der Waals surface area contributed by atoms with Gasteiger partial charge in [0.1, 0.15) is 18.4 Å². The lowest BCUT2D eigenvalue weighted by atomic mass is 9.91. The first-order valence-corrected chi connectivity index (χ1v) is 15.2. The molecule has 9 nitrogen and oxygen atoms in total. The van der Waals surface area contributed by atoms with Crippen molar-refractivity contribution in [2.24, 2.45) is 5.92 Å². The van der Waals surface area contributed by atoms with Crippen LogP contribution in [0.3, 0.4) is 0 Å². The van der Waals surface area contributed by atoms with Gasteiger partial charge in [-0.3, -0.25) is 10.1 Å². The van der Waals surface area contributed by atoms with Gasteiger partial charge in [0.2, 0.25) is 0 Å². The van der Waals surface area contributed by atoms with Gasteiger partial charge in [-0.1, -0.05) is 78.9 Å². The van der Waals surface area contributed by atoms with Gasteiger partial charge in [0.25, 0.3) is 0 Å². The van der Waals surface area contributed by atoms with Gasteiger partial charge in [-0.05, 0) is 61.9 Å². The molecule has 1 heterocycles. The topological polar surface area (TPSA) is 106 Å². The van der Waals surface area contributed by atoms with Gasteiger partial charge in [0.05, 0.1) is 12.5 Å². The van der Waals surface area contributed by atoms with E-state index in [4.69, 9.17) is 14.2 Å². The number of alkyl carbamates (subject to hydrolysis) is 1. The van der Waals surface area contributed by atoms with Crippen LogP contribution < -0.4 is 10.6 Å². The number of hydrogen-bond acceptors (Lipinski definition) is 7. The Morgan fingerprint density at radius 2 is 1.50 bits per heavy atom. The van der Waals surface area contributed by atoms with Crippen LogP contribution in [0.1, 0.15) is 62.9 Å². The number of nitrogens with one attached hydrogen (secondary N) is 2. The summed E-state index contributed by atoms with van der Waals surface area (Å²) in [5, 5.41) is 6.45. The second-order valence-electron chi connectivity index (χ2n) is 12.2. The van der Waals surface area contributed by atoms with Gasteiger partial charge in [0, 0.05) is 25.0 Å². The van der Waals surface area contributed by atoms with Gasteiger partial charge in [-0.25, -0.2) is 9.59 Å². The van der Waals surface area contributed by atoms with Gasteiger partial charge in [-0.15, -0.1) is 0 Å². The molecule has 0 saturated carbocycles. The molecule has 1 unspecified atom stereocenters. The smallest absolute Gasteiger partial charge is 0.410 e. The maximum Gasteiger partial charge on any atom is 0.410 e. The van der Waals surface area contributed by atoms with E-state index in [1.165, 1.54) is 0 Å². The minimum absolute atomic E-state index is 0.0679. The van der Waals surface area contributed by atoms with E-state index in [0.717, 1.165) is 27.8 Å². The lowest BCUT2D eigenvalue weighted by Crippen LogP contribution is -2.56. The summed E-state index contributed by atoms with van der Waals surface area (Å²) in [4.78, 5) is 40.8. The molecule has 1 aliphatic carbocycles. The van der Waals surface area contributed by atoms with Crippen LogP contribution in [-0.2, 0) is 19.0 Å². The average Bonchev–Trinajstić information content (AvgIpc) is 3.33. The monoisotopic (exact) mass is 599 g/mol. The molecule has 3 atom stereocenters. The number of esters is 1. The number of benzene rings is 3. The van der Waals surface area contributed by atoms with Crippen LogP contribution in [0.15, 0.2) is 78.9 Å². The zero-order valence-corrected chi connectivity index (χ0v) is 25.7. The summed E-state index contributed by atoms with van der Waals surface area (Å²) in [5.74, 6) is -1.14. The van der Waals surface area contributed by atoms with Crippen molar-refractivity contribution in [2.45, 2.75) is 57.8 Å². The molecule has 3 aromatic carbocycles. The molecule has 1 saturated heterocycles. The van der Waals surface area contributed by atoms with Crippen molar-refractivity contribution in [3.05, 3.63) is 95.6 Å². The molecule has 0 spiro atoms. The van der Waals surface area contributed by atoms with Gasteiger partial charge < -0.3 is 24.4 Å². The van der Waals surface area contributed by atoms with Crippen LogP contribution >= 0.6 is 0 Å². The van der Waals surface area contributed by atoms with E-state index in [9.17, 15) is 14.4 Å². The van der Waals surface area contributed by atoms with Crippen molar-refractivity contribution in [2.75, 3.05) is 26.3 Å². The van der Waals surface area contributed by atoms with Crippen LogP contribution in [-0.4, -0.2) is 61.0 Å². The highest BCUT2D eigenvalue weighted by atomic mass is 16.6. The van der Waals surface area contributed by atoms with Crippen LogP contribution in [0.4, 0.5) is 9.59 Å². The number of ether oxygens (including phenoxy) is 3. The Morgan fingerprint density at radius 3 is 2.11 bits per heavy atom. The van der Waals surface area contributed by atoms with Crippen molar-refractivity contribution in [1.29, 1.82) is 0 Å². The predicted molar refractivity (Wildman–Crippen MR) is 167 cm³/mol. The van der Waals surface area contributed by atoms with Gasteiger partial charge >= 0.3 is 18.2 Å². The summed E-state index contributed by atoms with van der Waals surface area (Å²) in [6.45, 7) is 8.09. The summed E-state index contributed by atoms with van der Waals surface area (Å²) in [5.41, 5.74) is 4.73. The van der Waals surface area contributed by atoms with E-state index in [1.54, 1.807) is 11.8 Å². The molecule has 0 aromatic heterocycles. The number of nitrogens with zero attached hydrogens (tertiary/aromatic N) is 1. The molecule has 44 heavy (non-hydrogen) atoms. The van der Waals surface area contributed by atoms with Crippen molar-refractivity contribution in [3.8, 4) is 11.1 Å². The number of fused-ring (bicyclic) bond motifs is 3. The van der Waals surface area contributed by atoms with Crippen molar-refractivity contribution in [3.63, 3.8) is 0 Å². The van der Waals surface area contributed by atoms with Gasteiger partial charge in [-0.2, -0.15) is 0 Å². The number of piperidine rings is 1. The van der Waals surface area contributed by atoms with Crippen LogP contribution in [0.5, 0.6) is 0 Å². The Morgan fingerprint density at radius 1 is 0.886 bits per heavy atom. The number of rotatable bonds is 8. The largest absolute Gasteiger partial charge is 0.466 e. The zero-order valence-electron chi connectivity index (χ0n) is 25.7. The predicted octanol–water partition coefficient (Wildman–Crippen LogP) is 6.00. The highest BCUT2D eigenvalue weighted by Crippen LogP contribution is 2.44. The molecule has 0 radical (unpaired) electrons. The fraction of sp³-hybridized carbons (Fsp3) is 0.400. The highest BCUT2D eigenvalue weighted by Gasteiger charge is 2.40. The fourth-order valence-electron chi connectivity index (χ4n) is 5.97.